The van der Waals surface area contributed by atoms with E-state index in [0.717, 1.165) is 35.2 Å². The number of aromatic amines is 1. The molecule has 0 aliphatic carbocycles. The topological polar surface area (TPSA) is 131 Å². The van der Waals surface area contributed by atoms with Gasteiger partial charge in [0.2, 0.25) is 11.9 Å². The number of rotatable bonds is 4. The van der Waals surface area contributed by atoms with E-state index in [2.05, 4.69) is 30.4 Å². The van der Waals surface area contributed by atoms with Gasteiger partial charge in [-0.05, 0) is 18.2 Å². The minimum Gasteiger partial charge on any atom is -0.378 e. The third kappa shape index (κ3) is 3.65. The minimum atomic E-state index is 0.224. The Bertz CT molecular complexity index is 1140. The Morgan fingerprint density at radius 2 is 1.86 bits per heavy atom. The van der Waals surface area contributed by atoms with Crippen LogP contribution in [0.3, 0.4) is 0 Å². The number of nitrogens with one attached hydrogen (secondary N) is 2. The summed E-state index contributed by atoms with van der Waals surface area (Å²) in [6, 6.07) is 7.85. The van der Waals surface area contributed by atoms with Crippen molar-refractivity contribution >= 4 is 34.3 Å². The Balaban J connectivity index is 1.53. The predicted octanol–water partition coefficient (Wildman–Crippen LogP) is 1.97. The molecule has 1 aromatic carbocycles. The van der Waals surface area contributed by atoms with Crippen LogP contribution >= 0.6 is 0 Å². The standard InChI is InChI=1S/C19H19N9O/c20-18-21-9-13(10-22-18)15-8-17(26-19(25-15)28-3-5-29-6-4-28)24-14-2-1-12-11-23-27-16(12)7-14/h1-2,7-11H,3-6H2,(H,23,27)(H2,20,21,22)(H,24,25,26). The van der Waals surface area contributed by atoms with E-state index in [9.17, 15) is 0 Å². The molecule has 10 heteroatoms. The summed E-state index contributed by atoms with van der Waals surface area (Å²) in [7, 11) is 0. The number of ether oxygens (including phenoxy) is 1. The average Bonchev–Trinajstić information content (AvgIpc) is 3.23. The molecule has 4 N–H and O–H groups in total. The SMILES string of the molecule is Nc1ncc(-c2cc(Nc3ccc4cn[nH]c4c3)nc(N3CCOCC3)n2)cn1. The van der Waals surface area contributed by atoms with Crippen LogP contribution in [0.5, 0.6) is 0 Å². The van der Waals surface area contributed by atoms with E-state index >= 15 is 0 Å². The molecule has 10 nitrogen and oxygen atoms in total. The number of fused-ring (bicyclic) bond motifs is 1. The first-order valence-corrected chi connectivity index (χ1v) is 9.24. The number of hydrogen-bond acceptors (Lipinski definition) is 9. The molecule has 1 aliphatic rings. The number of aromatic nitrogens is 6. The molecule has 5 rings (SSSR count). The number of anilines is 4. The van der Waals surface area contributed by atoms with Crippen LogP contribution in [-0.2, 0) is 4.74 Å². The van der Waals surface area contributed by atoms with Crippen molar-refractivity contribution in [2.45, 2.75) is 0 Å². The third-order valence-electron chi connectivity index (χ3n) is 4.69. The van der Waals surface area contributed by atoms with Crippen LogP contribution in [0.1, 0.15) is 0 Å². The smallest absolute Gasteiger partial charge is 0.228 e. The quantitative estimate of drug-likeness (QED) is 0.479. The van der Waals surface area contributed by atoms with Crippen LogP contribution in [0.25, 0.3) is 22.2 Å². The lowest BCUT2D eigenvalue weighted by atomic mass is 10.2. The van der Waals surface area contributed by atoms with Gasteiger partial charge in [0.05, 0.1) is 30.6 Å². The van der Waals surface area contributed by atoms with Gasteiger partial charge in [-0.3, -0.25) is 5.10 Å². The fourth-order valence-electron chi connectivity index (χ4n) is 3.18. The fraction of sp³-hybridized carbons (Fsp3) is 0.211. The van der Waals surface area contributed by atoms with E-state index in [1.54, 1.807) is 18.6 Å². The Hall–Kier alpha value is -3.79. The Labute approximate surface area is 166 Å². The Morgan fingerprint density at radius 3 is 2.69 bits per heavy atom. The maximum absolute atomic E-state index is 5.62. The van der Waals surface area contributed by atoms with E-state index in [4.69, 9.17) is 20.4 Å². The summed E-state index contributed by atoms with van der Waals surface area (Å²) in [6.45, 7) is 2.78. The first-order valence-electron chi connectivity index (χ1n) is 9.24. The fourth-order valence-corrected chi connectivity index (χ4v) is 3.18. The highest BCUT2D eigenvalue weighted by Crippen LogP contribution is 2.26. The van der Waals surface area contributed by atoms with Crippen LogP contribution in [0, 0.1) is 0 Å². The number of nitrogens with zero attached hydrogens (tertiary/aromatic N) is 6. The number of nitrogens with two attached hydrogens (primary N) is 1. The zero-order chi connectivity index (χ0) is 19.6. The van der Waals surface area contributed by atoms with Gasteiger partial charge in [-0.25, -0.2) is 15.0 Å². The van der Waals surface area contributed by atoms with Crippen LogP contribution in [0.15, 0.2) is 42.9 Å². The summed E-state index contributed by atoms with van der Waals surface area (Å²) < 4.78 is 5.45. The highest BCUT2D eigenvalue weighted by molar-refractivity contribution is 5.82. The van der Waals surface area contributed by atoms with Gasteiger partial charge >= 0.3 is 0 Å². The Morgan fingerprint density at radius 1 is 1.03 bits per heavy atom. The van der Waals surface area contributed by atoms with Gasteiger partial charge in [-0.2, -0.15) is 10.1 Å². The molecule has 29 heavy (non-hydrogen) atoms. The summed E-state index contributed by atoms with van der Waals surface area (Å²) in [5, 5.41) is 11.5. The lowest BCUT2D eigenvalue weighted by Crippen LogP contribution is -2.37. The highest BCUT2D eigenvalue weighted by atomic mass is 16.5. The second-order valence-electron chi connectivity index (χ2n) is 6.66. The summed E-state index contributed by atoms with van der Waals surface area (Å²) in [5.41, 5.74) is 8.95. The number of nitrogen functional groups attached to an aromatic ring is 1. The van der Waals surface area contributed by atoms with Gasteiger partial charge in [0, 0.05) is 48.2 Å². The van der Waals surface area contributed by atoms with Gasteiger partial charge in [0.1, 0.15) is 5.82 Å². The number of H-pyrrole nitrogens is 1. The molecule has 3 aromatic heterocycles. The van der Waals surface area contributed by atoms with Crippen molar-refractivity contribution in [3.63, 3.8) is 0 Å². The van der Waals surface area contributed by atoms with Crippen LogP contribution in [-0.4, -0.2) is 56.4 Å². The molecule has 1 saturated heterocycles. The zero-order valence-corrected chi connectivity index (χ0v) is 15.5. The van der Waals surface area contributed by atoms with Gasteiger partial charge in [-0.15, -0.1) is 0 Å². The van der Waals surface area contributed by atoms with Crippen molar-refractivity contribution in [2.24, 2.45) is 0 Å². The van der Waals surface area contributed by atoms with Crippen molar-refractivity contribution < 1.29 is 4.74 Å². The van der Waals surface area contributed by atoms with Crippen molar-refractivity contribution in [2.75, 3.05) is 42.3 Å². The van der Waals surface area contributed by atoms with Gasteiger partial charge in [0.25, 0.3) is 0 Å². The minimum absolute atomic E-state index is 0.224. The summed E-state index contributed by atoms with van der Waals surface area (Å²) in [6.07, 6.45) is 5.11. The van der Waals surface area contributed by atoms with Crippen LogP contribution in [0.4, 0.5) is 23.4 Å². The molecule has 1 fully saturated rings. The molecular weight excluding hydrogens is 370 g/mol. The lowest BCUT2D eigenvalue weighted by molar-refractivity contribution is 0.122. The number of benzene rings is 1. The van der Waals surface area contributed by atoms with Crippen molar-refractivity contribution in [3.8, 4) is 11.3 Å². The van der Waals surface area contributed by atoms with E-state index in [-0.39, 0.29) is 5.95 Å². The van der Waals surface area contributed by atoms with E-state index in [1.807, 2.05) is 24.3 Å². The highest BCUT2D eigenvalue weighted by Gasteiger charge is 2.17. The maximum Gasteiger partial charge on any atom is 0.228 e. The molecule has 146 valence electrons. The molecular formula is C19H19N9O. The molecule has 0 radical (unpaired) electrons. The first kappa shape index (κ1) is 17.3. The lowest BCUT2D eigenvalue weighted by Gasteiger charge is -2.27. The number of morpholine rings is 1. The first-order chi connectivity index (χ1) is 14.2. The third-order valence-corrected chi connectivity index (χ3v) is 4.69. The normalized spacial score (nSPS) is 14.3. The summed E-state index contributed by atoms with van der Waals surface area (Å²) in [5.74, 6) is 1.53. The van der Waals surface area contributed by atoms with Crippen molar-refractivity contribution in [1.29, 1.82) is 0 Å². The zero-order valence-electron chi connectivity index (χ0n) is 15.5. The Kier molecular flexibility index (Phi) is 4.37. The van der Waals surface area contributed by atoms with Crippen LogP contribution in [0.2, 0.25) is 0 Å². The van der Waals surface area contributed by atoms with E-state index < -0.39 is 0 Å². The molecule has 4 heterocycles. The van der Waals surface area contributed by atoms with E-state index in [1.165, 1.54) is 0 Å². The molecule has 1 aliphatic heterocycles. The van der Waals surface area contributed by atoms with E-state index in [0.29, 0.717) is 30.7 Å². The monoisotopic (exact) mass is 389 g/mol. The molecule has 0 bridgehead atoms. The molecule has 0 unspecified atom stereocenters. The van der Waals surface area contributed by atoms with Gasteiger partial charge in [0.15, 0.2) is 0 Å². The van der Waals surface area contributed by atoms with Crippen molar-refractivity contribution in [1.82, 2.24) is 30.1 Å². The largest absolute Gasteiger partial charge is 0.378 e. The second-order valence-corrected chi connectivity index (χ2v) is 6.66. The summed E-state index contributed by atoms with van der Waals surface area (Å²) >= 11 is 0. The predicted molar refractivity (Wildman–Crippen MR) is 110 cm³/mol. The molecule has 0 amide bonds. The molecule has 0 saturated carbocycles. The molecule has 4 aromatic rings. The maximum atomic E-state index is 5.62. The average molecular weight is 389 g/mol. The van der Waals surface area contributed by atoms with Gasteiger partial charge < -0.3 is 20.7 Å². The molecule has 0 spiro atoms. The number of hydrogen-bond donors (Lipinski definition) is 3. The van der Waals surface area contributed by atoms with Crippen molar-refractivity contribution in [3.05, 3.63) is 42.9 Å². The van der Waals surface area contributed by atoms with Crippen LogP contribution < -0.4 is 16.0 Å². The summed E-state index contributed by atoms with van der Waals surface area (Å²) in [4.78, 5) is 19.7. The molecule has 0 atom stereocenters. The second kappa shape index (κ2) is 7.32. The van der Waals surface area contributed by atoms with Gasteiger partial charge in [-0.1, -0.05) is 0 Å².